The normalized spacial score (nSPS) is 20.3. The third-order valence-corrected chi connectivity index (χ3v) is 6.39. The van der Waals surface area contributed by atoms with Crippen LogP contribution in [0, 0.1) is 0 Å². The van der Waals surface area contributed by atoms with Crippen molar-refractivity contribution in [3.63, 3.8) is 0 Å². The second-order valence-corrected chi connectivity index (χ2v) is 8.31. The Bertz CT molecular complexity index is 952. The summed E-state index contributed by atoms with van der Waals surface area (Å²) in [5.74, 6) is 1.61. The predicted molar refractivity (Wildman–Crippen MR) is 113 cm³/mol. The largest absolute Gasteiger partial charge is 0.378 e. The van der Waals surface area contributed by atoms with Crippen molar-refractivity contribution in [2.45, 2.75) is 36.3 Å². The van der Waals surface area contributed by atoms with Crippen molar-refractivity contribution in [1.82, 2.24) is 19.5 Å². The maximum absolute atomic E-state index is 6.01. The van der Waals surface area contributed by atoms with Crippen molar-refractivity contribution in [1.29, 1.82) is 0 Å². The van der Waals surface area contributed by atoms with Gasteiger partial charge in [0.2, 0.25) is 5.95 Å². The van der Waals surface area contributed by atoms with Gasteiger partial charge in [0.15, 0.2) is 5.65 Å². The monoisotopic (exact) mass is 411 g/mol. The summed E-state index contributed by atoms with van der Waals surface area (Å²) >= 11 is 1.72. The van der Waals surface area contributed by atoms with Gasteiger partial charge in [0.1, 0.15) is 16.8 Å². The van der Waals surface area contributed by atoms with E-state index in [1.807, 2.05) is 12.4 Å². The van der Waals surface area contributed by atoms with Gasteiger partial charge in [-0.1, -0.05) is 42.1 Å². The van der Waals surface area contributed by atoms with Gasteiger partial charge in [0, 0.05) is 25.4 Å². The van der Waals surface area contributed by atoms with Crippen molar-refractivity contribution in [2.75, 3.05) is 37.8 Å². The van der Waals surface area contributed by atoms with Crippen LogP contribution >= 0.6 is 11.8 Å². The number of fused-ring (bicyclic) bond motifs is 1. The number of aromatic nitrogens is 4. The summed E-state index contributed by atoms with van der Waals surface area (Å²) in [7, 11) is 0. The molecule has 0 amide bonds. The molecule has 1 atom stereocenters. The van der Waals surface area contributed by atoms with Crippen molar-refractivity contribution in [3.8, 4) is 0 Å². The molecule has 0 spiro atoms. The zero-order valence-corrected chi connectivity index (χ0v) is 17.2. The molecule has 2 saturated heterocycles. The Morgan fingerprint density at radius 1 is 1.03 bits per heavy atom. The number of morpholine rings is 1. The summed E-state index contributed by atoms with van der Waals surface area (Å²) in [6.45, 7) is 3.82. The number of ether oxygens (including phenoxy) is 2. The summed E-state index contributed by atoms with van der Waals surface area (Å²) in [5, 5.41) is 0.926. The first kappa shape index (κ1) is 18.8. The molecular weight excluding hydrogens is 386 g/mol. The van der Waals surface area contributed by atoms with E-state index in [2.05, 4.69) is 38.7 Å². The van der Waals surface area contributed by atoms with E-state index in [0.29, 0.717) is 13.2 Å². The van der Waals surface area contributed by atoms with E-state index >= 15 is 0 Å². The molecule has 0 N–H and O–H groups in total. The van der Waals surface area contributed by atoms with E-state index in [0.717, 1.165) is 60.4 Å². The lowest BCUT2D eigenvalue weighted by molar-refractivity contribution is -0.0298. The fraction of sp³-hybridized carbons (Fsp3) is 0.476. The van der Waals surface area contributed by atoms with Gasteiger partial charge in [-0.3, -0.25) is 4.57 Å². The average Bonchev–Trinajstić information content (AvgIpc) is 3.23. The minimum Gasteiger partial charge on any atom is -0.378 e. The first-order chi connectivity index (χ1) is 14.4. The Morgan fingerprint density at radius 3 is 2.69 bits per heavy atom. The predicted octanol–water partition coefficient (Wildman–Crippen LogP) is 3.65. The van der Waals surface area contributed by atoms with Gasteiger partial charge in [-0.2, -0.15) is 4.98 Å². The Morgan fingerprint density at radius 2 is 1.90 bits per heavy atom. The van der Waals surface area contributed by atoms with Crippen LogP contribution in [0.4, 0.5) is 5.95 Å². The Labute approximate surface area is 174 Å². The van der Waals surface area contributed by atoms with Crippen molar-refractivity contribution >= 4 is 28.9 Å². The first-order valence-corrected chi connectivity index (χ1v) is 11.2. The highest BCUT2D eigenvalue weighted by Crippen LogP contribution is 2.32. The SMILES string of the molecule is c1ccc(CSc2nc(N3CCOCC3)nc3c2ncn3C2CCCCO2)cc1. The molecule has 5 rings (SSSR count). The standard InChI is InChI=1S/C21H25N5O2S/c1-2-6-16(7-3-1)14-29-20-18-19(23-21(24-20)25-9-12-27-13-10-25)26(15-22-18)17-8-4-5-11-28-17/h1-3,6-7,15,17H,4-5,8-14H2. The Balaban J connectivity index is 1.51. The average molecular weight is 412 g/mol. The van der Waals surface area contributed by atoms with Crippen LogP contribution in [0.25, 0.3) is 11.2 Å². The lowest BCUT2D eigenvalue weighted by Gasteiger charge is -2.27. The molecule has 2 aliphatic rings. The molecule has 2 aromatic heterocycles. The van der Waals surface area contributed by atoms with E-state index in [1.165, 1.54) is 12.0 Å². The van der Waals surface area contributed by atoms with E-state index < -0.39 is 0 Å². The fourth-order valence-electron chi connectivity index (χ4n) is 3.76. The van der Waals surface area contributed by atoms with Gasteiger partial charge in [-0.25, -0.2) is 9.97 Å². The molecule has 152 valence electrons. The molecule has 3 aromatic rings. The zero-order valence-electron chi connectivity index (χ0n) is 16.4. The molecular formula is C21H25N5O2S. The van der Waals surface area contributed by atoms with Crippen LogP contribution in [-0.4, -0.2) is 52.4 Å². The van der Waals surface area contributed by atoms with Crippen LogP contribution in [-0.2, 0) is 15.2 Å². The Hall–Kier alpha value is -2.16. The van der Waals surface area contributed by atoms with Gasteiger partial charge >= 0.3 is 0 Å². The van der Waals surface area contributed by atoms with Gasteiger partial charge in [-0.05, 0) is 24.8 Å². The summed E-state index contributed by atoms with van der Waals surface area (Å²) in [5.41, 5.74) is 2.99. The van der Waals surface area contributed by atoms with Crippen molar-refractivity contribution < 1.29 is 9.47 Å². The highest BCUT2D eigenvalue weighted by Gasteiger charge is 2.23. The minimum atomic E-state index is 0.00756. The summed E-state index contributed by atoms with van der Waals surface area (Å²) in [6.07, 6.45) is 5.16. The summed E-state index contributed by atoms with van der Waals surface area (Å²) in [4.78, 5) is 16.7. The molecule has 2 fully saturated rings. The molecule has 0 radical (unpaired) electrons. The minimum absolute atomic E-state index is 0.00756. The van der Waals surface area contributed by atoms with E-state index in [4.69, 9.17) is 19.4 Å². The van der Waals surface area contributed by atoms with Crippen LogP contribution in [0.15, 0.2) is 41.7 Å². The van der Waals surface area contributed by atoms with Crippen LogP contribution in [0.5, 0.6) is 0 Å². The molecule has 7 nitrogen and oxygen atoms in total. The van der Waals surface area contributed by atoms with Gasteiger partial charge < -0.3 is 14.4 Å². The maximum atomic E-state index is 6.01. The highest BCUT2D eigenvalue weighted by atomic mass is 32.2. The number of nitrogens with zero attached hydrogens (tertiary/aromatic N) is 5. The highest BCUT2D eigenvalue weighted by molar-refractivity contribution is 7.98. The topological polar surface area (TPSA) is 65.3 Å². The fourth-order valence-corrected chi connectivity index (χ4v) is 4.69. The molecule has 0 saturated carbocycles. The van der Waals surface area contributed by atoms with E-state index in [-0.39, 0.29) is 6.23 Å². The van der Waals surface area contributed by atoms with E-state index in [1.54, 1.807) is 11.8 Å². The van der Waals surface area contributed by atoms with Gasteiger partial charge in [-0.15, -0.1) is 0 Å². The second-order valence-electron chi connectivity index (χ2n) is 7.35. The number of imidazole rings is 1. The number of hydrogen-bond acceptors (Lipinski definition) is 7. The number of anilines is 1. The third kappa shape index (κ3) is 4.10. The molecule has 1 unspecified atom stereocenters. The Kier molecular flexibility index (Phi) is 5.64. The smallest absolute Gasteiger partial charge is 0.228 e. The lowest BCUT2D eigenvalue weighted by Crippen LogP contribution is -2.37. The molecule has 2 aliphatic heterocycles. The first-order valence-electron chi connectivity index (χ1n) is 10.2. The number of hydrogen-bond donors (Lipinski definition) is 0. The molecule has 1 aromatic carbocycles. The number of rotatable bonds is 5. The van der Waals surface area contributed by atoms with Crippen molar-refractivity contribution in [3.05, 3.63) is 42.2 Å². The summed E-state index contributed by atoms with van der Waals surface area (Å²) < 4.78 is 13.6. The summed E-state index contributed by atoms with van der Waals surface area (Å²) in [6, 6.07) is 10.5. The molecule has 0 aliphatic carbocycles. The van der Waals surface area contributed by atoms with E-state index in [9.17, 15) is 0 Å². The quantitative estimate of drug-likeness (QED) is 0.469. The number of benzene rings is 1. The van der Waals surface area contributed by atoms with Crippen LogP contribution in [0.2, 0.25) is 0 Å². The van der Waals surface area contributed by atoms with Crippen LogP contribution in [0.3, 0.4) is 0 Å². The van der Waals surface area contributed by atoms with Gasteiger partial charge in [0.05, 0.1) is 19.5 Å². The van der Waals surface area contributed by atoms with Crippen LogP contribution in [0.1, 0.15) is 31.1 Å². The third-order valence-electron chi connectivity index (χ3n) is 5.36. The number of thioether (sulfide) groups is 1. The molecule has 29 heavy (non-hydrogen) atoms. The zero-order chi connectivity index (χ0) is 19.5. The molecule has 4 heterocycles. The lowest BCUT2D eigenvalue weighted by atomic mass is 10.2. The van der Waals surface area contributed by atoms with Crippen LogP contribution < -0.4 is 4.90 Å². The molecule has 8 heteroatoms. The van der Waals surface area contributed by atoms with Gasteiger partial charge in [0.25, 0.3) is 0 Å². The molecule has 0 bridgehead atoms. The second kappa shape index (κ2) is 8.69. The maximum Gasteiger partial charge on any atom is 0.228 e. The van der Waals surface area contributed by atoms with Crippen molar-refractivity contribution in [2.24, 2.45) is 0 Å².